The van der Waals surface area contributed by atoms with Crippen LogP contribution in [0.1, 0.15) is 54.4 Å². The second-order valence-corrected chi connectivity index (χ2v) is 10.2. The molecule has 4 nitrogen and oxygen atoms in total. The smallest absolute Gasteiger partial charge is 0.248 e. The maximum Gasteiger partial charge on any atom is 0.248 e. The van der Waals surface area contributed by atoms with Crippen LogP contribution < -0.4 is 5.32 Å². The van der Waals surface area contributed by atoms with Crippen LogP contribution in [0.3, 0.4) is 0 Å². The van der Waals surface area contributed by atoms with Crippen molar-refractivity contribution in [3.05, 3.63) is 113 Å². The van der Waals surface area contributed by atoms with Crippen molar-refractivity contribution in [3.8, 4) is 0 Å². The van der Waals surface area contributed by atoms with Gasteiger partial charge in [0.1, 0.15) is 11.6 Å². The zero-order valence-corrected chi connectivity index (χ0v) is 21.9. The highest BCUT2D eigenvalue weighted by Crippen LogP contribution is 2.32. The Kier molecular flexibility index (Phi) is 8.30. The first-order valence-corrected chi connectivity index (χ1v) is 13.6. The zero-order chi connectivity index (χ0) is 27.2. The van der Waals surface area contributed by atoms with Crippen LogP contribution in [0.2, 0.25) is 0 Å². The van der Waals surface area contributed by atoms with Gasteiger partial charge in [-0.1, -0.05) is 30.3 Å². The molecule has 3 aromatic rings. The molecular weight excluding hydrogens is 494 g/mol. The number of likely N-dealkylation sites (tertiary alicyclic amines) is 1. The number of anilines is 1. The standard InChI is InChI=1S/C18H16FNO.C15H16FNO/c19-15-10-9-13-5-4-6-14(17(13)12-15)11-18(21)20-16-7-2-1-3-8-16;16-13-6-5-11-3-1-4-12(14(11)10-13)9-15(18)17-7-2-8-17/h1-3,7-12H,4-6H2,(H,20,21);5-6,9-10H,1-4,7-8H2/b14-11+;12-9+. The normalized spacial score (nSPS) is 17.8. The summed E-state index contributed by atoms with van der Waals surface area (Å²) in [6.07, 6.45) is 10.0. The molecule has 0 atom stereocenters. The molecule has 0 spiro atoms. The quantitative estimate of drug-likeness (QED) is 0.375. The lowest BCUT2D eigenvalue weighted by molar-refractivity contribution is -0.129. The van der Waals surface area contributed by atoms with E-state index in [9.17, 15) is 18.4 Å². The van der Waals surface area contributed by atoms with Crippen LogP contribution in [0, 0.1) is 11.6 Å². The summed E-state index contributed by atoms with van der Waals surface area (Å²) in [6.45, 7) is 1.72. The molecule has 3 aromatic carbocycles. The molecule has 1 saturated heterocycles. The van der Waals surface area contributed by atoms with Crippen LogP contribution in [0.4, 0.5) is 14.5 Å². The largest absolute Gasteiger partial charge is 0.339 e. The summed E-state index contributed by atoms with van der Waals surface area (Å²) >= 11 is 0. The number of nitrogens with one attached hydrogen (secondary N) is 1. The van der Waals surface area contributed by atoms with Gasteiger partial charge in [0.05, 0.1) is 0 Å². The van der Waals surface area contributed by atoms with Gasteiger partial charge in [-0.2, -0.15) is 0 Å². The molecule has 2 aliphatic carbocycles. The van der Waals surface area contributed by atoms with Gasteiger partial charge in [0, 0.05) is 30.9 Å². The van der Waals surface area contributed by atoms with Crippen molar-refractivity contribution in [3.63, 3.8) is 0 Å². The summed E-state index contributed by atoms with van der Waals surface area (Å²) in [4.78, 5) is 25.9. The number of hydrogen-bond donors (Lipinski definition) is 1. The molecule has 1 N–H and O–H groups in total. The summed E-state index contributed by atoms with van der Waals surface area (Å²) in [5.41, 5.74) is 6.72. The van der Waals surface area contributed by atoms with Crippen LogP contribution in [0.15, 0.2) is 78.9 Å². The maximum absolute atomic E-state index is 13.4. The van der Waals surface area contributed by atoms with Crippen LogP contribution in [-0.4, -0.2) is 29.8 Å². The summed E-state index contributed by atoms with van der Waals surface area (Å²) in [7, 11) is 0. The Hall–Kier alpha value is -4.06. The molecule has 0 aromatic heterocycles. The van der Waals surface area contributed by atoms with Crippen molar-refractivity contribution >= 4 is 28.6 Å². The van der Waals surface area contributed by atoms with E-state index in [1.807, 2.05) is 47.4 Å². The van der Waals surface area contributed by atoms with E-state index in [0.717, 1.165) is 97.1 Å². The van der Waals surface area contributed by atoms with E-state index in [1.54, 1.807) is 18.2 Å². The third kappa shape index (κ3) is 6.69. The van der Waals surface area contributed by atoms with Gasteiger partial charge in [-0.25, -0.2) is 8.78 Å². The van der Waals surface area contributed by atoms with Gasteiger partial charge in [-0.3, -0.25) is 9.59 Å². The Morgan fingerprint density at radius 3 is 1.79 bits per heavy atom. The average molecular weight is 527 g/mol. The first-order chi connectivity index (χ1) is 19.0. The van der Waals surface area contributed by atoms with E-state index in [-0.39, 0.29) is 23.4 Å². The predicted octanol–water partition coefficient (Wildman–Crippen LogP) is 6.96. The number of benzene rings is 3. The number of aryl methyl sites for hydroxylation is 2. The van der Waals surface area contributed by atoms with Gasteiger partial charge in [0.25, 0.3) is 0 Å². The molecule has 1 aliphatic heterocycles. The topological polar surface area (TPSA) is 49.4 Å². The number of para-hydroxylation sites is 1. The molecule has 200 valence electrons. The Labute approximate surface area is 228 Å². The van der Waals surface area contributed by atoms with Crippen LogP contribution in [-0.2, 0) is 22.4 Å². The Bertz CT molecular complexity index is 1420. The van der Waals surface area contributed by atoms with Gasteiger partial charge < -0.3 is 10.2 Å². The zero-order valence-electron chi connectivity index (χ0n) is 21.9. The fraction of sp³-hybridized carbons (Fsp3) is 0.273. The molecule has 0 unspecified atom stereocenters. The van der Waals surface area contributed by atoms with E-state index >= 15 is 0 Å². The van der Waals surface area contributed by atoms with Crippen LogP contribution in [0.5, 0.6) is 0 Å². The summed E-state index contributed by atoms with van der Waals surface area (Å²) in [6, 6.07) is 19.0. The Morgan fingerprint density at radius 2 is 1.26 bits per heavy atom. The molecule has 0 radical (unpaired) electrons. The third-order valence-corrected chi connectivity index (χ3v) is 7.43. The molecule has 1 heterocycles. The maximum atomic E-state index is 13.4. The van der Waals surface area contributed by atoms with Crippen molar-refractivity contribution in [1.29, 1.82) is 0 Å². The second kappa shape index (κ2) is 12.2. The van der Waals surface area contributed by atoms with Gasteiger partial charge in [-0.05, 0) is 115 Å². The van der Waals surface area contributed by atoms with Crippen molar-refractivity contribution < 1.29 is 18.4 Å². The summed E-state index contributed by atoms with van der Waals surface area (Å²) in [5, 5.41) is 2.83. The number of allylic oxidation sites excluding steroid dienone is 2. The molecular formula is C33H32F2N2O2. The molecule has 6 heteroatoms. The van der Waals surface area contributed by atoms with E-state index in [4.69, 9.17) is 0 Å². The lowest BCUT2D eigenvalue weighted by atomic mass is 9.87. The summed E-state index contributed by atoms with van der Waals surface area (Å²) < 4.78 is 26.7. The minimum Gasteiger partial charge on any atom is -0.339 e. The highest BCUT2D eigenvalue weighted by molar-refractivity contribution is 6.04. The number of hydrogen-bond acceptors (Lipinski definition) is 2. The number of halogens is 2. The number of fused-ring (bicyclic) bond motifs is 2. The fourth-order valence-electron chi connectivity index (χ4n) is 5.27. The fourth-order valence-corrected chi connectivity index (χ4v) is 5.27. The third-order valence-electron chi connectivity index (χ3n) is 7.43. The second-order valence-electron chi connectivity index (χ2n) is 10.2. The molecule has 39 heavy (non-hydrogen) atoms. The number of rotatable bonds is 3. The van der Waals surface area contributed by atoms with E-state index in [0.29, 0.717) is 0 Å². The van der Waals surface area contributed by atoms with Gasteiger partial charge >= 0.3 is 0 Å². The summed E-state index contributed by atoms with van der Waals surface area (Å²) in [5.74, 6) is -0.579. The number of carbonyl (C=O) groups excluding carboxylic acids is 2. The molecule has 3 aliphatic rings. The predicted molar refractivity (Wildman–Crippen MR) is 151 cm³/mol. The lowest BCUT2D eigenvalue weighted by Crippen LogP contribution is -2.41. The monoisotopic (exact) mass is 526 g/mol. The van der Waals surface area contributed by atoms with E-state index < -0.39 is 0 Å². The molecule has 6 rings (SSSR count). The highest BCUT2D eigenvalue weighted by atomic mass is 19.1. The van der Waals surface area contributed by atoms with Crippen LogP contribution >= 0.6 is 0 Å². The number of amides is 2. The Morgan fingerprint density at radius 1 is 0.692 bits per heavy atom. The number of nitrogens with zero attached hydrogens (tertiary/aromatic N) is 1. The molecule has 0 saturated carbocycles. The molecule has 1 fully saturated rings. The van der Waals surface area contributed by atoms with Crippen LogP contribution in [0.25, 0.3) is 11.1 Å². The SMILES string of the molecule is O=C(/C=C1\CCCc2ccc(F)cc21)N1CCC1.O=C(/C=C1\CCCc2ccc(F)cc21)Nc1ccccc1. The molecule has 2 amide bonds. The highest BCUT2D eigenvalue weighted by Gasteiger charge is 2.21. The van der Waals surface area contributed by atoms with E-state index in [1.165, 1.54) is 18.2 Å². The lowest BCUT2D eigenvalue weighted by Gasteiger charge is -2.30. The van der Waals surface area contributed by atoms with Crippen molar-refractivity contribution in [2.45, 2.75) is 44.9 Å². The first-order valence-electron chi connectivity index (χ1n) is 13.6. The minimum atomic E-state index is -0.259. The van der Waals surface area contributed by atoms with Crippen molar-refractivity contribution in [2.75, 3.05) is 18.4 Å². The van der Waals surface area contributed by atoms with Gasteiger partial charge in [0.2, 0.25) is 11.8 Å². The Balaban J connectivity index is 0.000000160. The van der Waals surface area contributed by atoms with Crippen molar-refractivity contribution in [2.24, 2.45) is 0 Å². The first kappa shape index (κ1) is 26.5. The average Bonchev–Trinajstić information content (AvgIpc) is 2.89. The number of carbonyl (C=O) groups is 2. The van der Waals surface area contributed by atoms with Crippen molar-refractivity contribution in [1.82, 2.24) is 4.90 Å². The minimum absolute atomic E-state index is 0.0772. The van der Waals surface area contributed by atoms with Gasteiger partial charge in [0.15, 0.2) is 0 Å². The van der Waals surface area contributed by atoms with E-state index in [2.05, 4.69) is 5.32 Å². The molecule has 0 bridgehead atoms. The van der Waals surface area contributed by atoms with Gasteiger partial charge in [-0.15, -0.1) is 0 Å².